The van der Waals surface area contributed by atoms with E-state index >= 15 is 0 Å². The van der Waals surface area contributed by atoms with Crippen molar-refractivity contribution >= 4 is 17.5 Å². The molecule has 3 rings (SSSR count). The van der Waals surface area contributed by atoms with Gasteiger partial charge in [0.1, 0.15) is 5.82 Å². The highest BCUT2D eigenvalue weighted by Crippen LogP contribution is 2.22. The highest BCUT2D eigenvalue weighted by Gasteiger charge is 2.25. The number of aryl methyl sites for hydroxylation is 1. The Hall–Kier alpha value is -1.92. The van der Waals surface area contributed by atoms with Crippen LogP contribution in [0.5, 0.6) is 0 Å². The van der Waals surface area contributed by atoms with E-state index in [1.165, 1.54) is 11.1 Å². The number of nitrogens with zero attached hydrogens (tertiary/aromatic N) is 4. The van der Waals surface area contributed by atoms with Crippen molar-refractivity contribution in [2.75, 3.05) is 20.6 Å². The minimum atomic E-state index is 0.106. The zero-order valence-electron chi connectivity index (χ0n) is 14.0. The average Bonchev–Trinajstić information content (AvgIpc) is 2.98. The van der Waals surface area contributed by atoms with Crippen LogP contribution in [0.3, 0.4) is 0 Å². The summed E-state index contributed by atoms with van der Waals surface area (Å²) in [6.07, 6.45) is 1.89. The van der Waals surface area contributed by atoms with Crippen LogP contribution in [0.15, 0.2) is 24.3 Å². The van der Waals surface area contributed by atoms with Crippen LogP contribution in [-0.4, -0.2) is 57.6 Å². The van der Waals surface area contributed by atoms with Crippen LogP contribution >= 0.6 is 11.6 Å². The largest absolute Gasteiger partial charge is 0.344 e. The van der Waals surface area contributed by atoms with E-state index in [2.05, 4.69) is 51.4 Å². The number of hydrogen-bond donors (Lipinski definition) is 1. The van der Waals surface area contributed by atoms with Gasteiger partial charge < -0.3 is 4.90 Å². The zero-order valence-corrected chi connectivity index (χ0v) is 14.8. The Balaban J connectivity index is 1.54. The molecule has 0 spiro atoms. The van der Waals surface area contributed by atoms with E-state index in [1.807, 2.05) is 11.9 Å². The van der Waals surface area contributed by atoms with E-state index < -0.39 is 0 Å². The predicted molar refractivity (Wildman–Crippen MR) is 92.8 cm³/mol. The molecule has 128 valence electrons. The third-order valence-corrected chi connectivity index (χ3v) is 4.78. The molecule has 7 heteroatoms. The van der Waals surface area contributed by atoms with Crippen LogP contribution in [0.2, 0.25) is 5.28 Å². The number of carbonyl (C=O) groups is 1. The van der Waals surface area contributed by atoms with E-state index in [1.54, 1.807) is 0 Å². The third-order valence-electron chi connectivity index (χ3n) is 4.61. The highest BCUT2D eigenvalue weighted by atomic mass is 35.5. The number of H-pyrrole nitrogens is 1. The highest BCUT2D eigenvalue weighted by molar-refractivity contribution is 6.28. The molecule has 1 aliphatic rings. The Morgan fingerprint density at radius 2 is 2.17 bits per heavy atom. The van der Waals surface area contributed by atoms with Crippen molar-refractivity contribution in [3.8, 4) is 0 Å². The zero-order chi connectivity index (χ0) is 17.1. The molecule has 1 aliphatic heterocycles. The van der Waals surface area contributed by atoms with Gasteiger partial charge in [-0.2, -0.15) is 0 Å². The van der Waals surface area contributed by atoms with Crippen molar-refractivity contribution in [3.05, 3.63) is 46.5 Å². The predicted octanol–water partition coefficient (Wildman–Crippen LogP) is 1.91. The molecule has 0 saturated heterocycles. The summed E-state index contributed by atoms with van der Waals surface area (Å²) in [5, 5.41) is 6.68. The molecule has 2 aromatic rings. The minimum Gasteiger partial charge on any atom is -0.344 e. The van der Waals surface area contributed by atoms with Crippen molar-refractivity contribution in [1.29, 1.82) is 0 Å². The molecule has 1 aromatic heterocycles. The second-order valence-corrected chi connectivity index (χ2v) is 6.71. The van der Waals surface area contributed by atoms with Gasteiger partial charge in [0, 0.05) is 39.0 Å². The van der Waals surface area contributed by atoms with Gasteiger partial charge in [0.2, 0.25) is 11.2 Å². The lowest BCUT2D eigenvalue weighted by molar-refractivity contribution is -0.130. The number of amides is 1. The quantitative estimate of drug-likeness (QED) is 0.897. The number of nitrogens with one attached hydrogen (secondary N) is 1. The summed E-state index contributed by atoms with van der Waals surface area (Å²) in [5.41, 5.74) is 2.77. The average molecular weight is 348 g/mol. The van der Waals surface area contributed by atoms with Gasteiger partial charge in [-0.25, -0.2) is 4.98 Å². The molecule has 1 atom stereocenters. The first-order valence-corrected chi connectivity index (χ1v) is 8.48. The van der Waals surface area contributed by atoms with Gasteiger partial charge in [-0.05, 0) is 36.2 Å². The summed E-state index contributed by atoms with van der Waals surface area (Å²) >= 11 is 5.67. The summed E-state index contributed by atoms with van der Waals surface area (Å²) in [7, 11) is 3.99. The second kappa shape index (κ2) is 7.32. The van der Waals surface area contributed by atoms with E-state index in [0.717, 1.165) is 19.5 Å². The smallest absolute Gasteiger partial charge is 0.242 e. The minimum absolute atomic E-state index is 0.106. The first-order valence-electron chi connectivity index (χ1n) is 8.10. The maximum atomic E-state index is 12.4. The standard InChI is InChI=1S/C17H22ClN5O/c1-22-10-13-6-4-3-5-12(13)9-14(22)11-23(2)16(24)8-7-15-19-17(18)21-20-15/h3-6,14H,7-11H2,1-2H3,(H,19,20,21)/t14-/m1/s1. The Bertz CT molecular complexity index is 717. The van der Waals surface area contributed by atoms with Crippen LogP contribution < -0.4 is 0 Å². The number of rotatable bonds is 5. The van der Waals surface area contributed by atoms with Crippen molar-refractivity contribution in [3.63, 3.8) is 0 Å². The number of halogens is 1. The van der Waals surface area contributed by atoms with E-state index in [4.69, 9.17) is 11.6 Å². The fraction of sp³-hybridized carbons (Fsp3) is 0.471. The molecule has 6 nitrogen and oxygen atoms in total. The fourth-order valence-electron chi connectivity index (χ4n) is 3.14. The van der Waals surface area contributed by atoms with Crippen LogP contribution in [0.1, 0.15) is 23.4 Å². The molecule has 0 aliphatic carbocycles. The number of likely N-dealkylation sites (N-methyl/N-ethyl adjacent to an activating group) is 2. The monoisotopic (exact) mass is 347 g/mol. The molecule has 24 heavy (non-hydrogen) atoms. The van der Waals surface area contributed by atoms with Gasteiger partial charge in [0.25, 0.3) is 0 Å². The molecule has 1 N–H and O–H groups in total. The Morgan fingerprint density at radius 1 is 1.42 bits per heavy atom. The number of carbonyl (C=O) groups excluding carboxylic acids is 1. The third kappa shape index (κ3) is 3.94. The van der Waals surface area contributed by atoms with Gasteiger partial charge >= 0.3 is 0 Å². The maximum Gasteiger partial charge on any atom is 0.242 e. The Kier molecular flexibility index (Phi) is 5.16. The van der Waals surface area contributed by atoms with Crippen molar-refractivity contribution < 1.29 is 4.79 Å². The van der Waals surface area contributed by atoms with Gasteiger partial charge in [-0.3, -0.25) is 14.8 Å². The Labute approximate surface area is 146 Å². The SMILES string of the molecule is CN(C[C@H]1Cc2ccccc2CN1C)C(=O)CCc1nc(Cl)n[nH]1. The Morgan fingerprint density at radius 3 is 2.88 bits per heavy atom. The van der Waals surface area contributed by atoms with Gasteiger partial charge in [-0.15, -0.1) is 5.10 Å². The summed E-state index contributed by atoms with van der Waals surface area (Å²) in [6, 6.07) is 8.87. The summed E-state index contributed by atoms with van der Waals surface area (Å²) in [5.74, 6) is 0.750. The van der Waals surface area contributed by atoms with Gasteiger partial charge in [0.05, 0.1) is 0 Å². The summed E-state index contributed by atoms with van der Waals surface area (Å²) in [6.45, 7) is 1.65. The maximum absolute atomic E-state index is 12.4. The first-order chi connectivity index (χ1) is 11.5. The summed E-state index contributed by atoms with van der Waals surface area (Å²) < 4.78 is 0. The summed E-state index contributed by atoms with van der Waals surface area (Å²) in [4.78, 5) is 20.5. The van der Waals surface area contributed by atoms with E-state index in [0.29, 0.717) is 24.7 Å². The lowest BCUT2D eigenvalue weighted by atomic mass is 9.94. The number of aromatic amines is 1. The molecule has 2 heterocycles. The molecule has 0 saturated carbocycles. The van der Waals surface area contributed by atoms with Crippen molar-refractivity contribution in [2.24, 2.45) is 0 Å². The number of benzene rings is 1. The molecular weight excluding hydrogens is 326 g/mol. The van der Waals surface area contributed by atoms with Crippen molar-refractivity contribution in [2.45, 2.75) is 31.8 Å². The number of hydrogen-bond acceptors (Lipinski definition) is 4. The number of aromatic nitrogens is 3. The molecule has 1 amide bonds. The molecule has 0 unspecified atom stereocenters. The second-order valence-electron chi connectivity index (χ2n) is 6.37. The molecular formula is C17H22ClN5O. The number of fused-ring (bicyclic) bond motifs is 1. The lowest BCUT2D eigenvalue weighted by Gasteiger charge is -2.36. The molecule has 0 radical (unpaired) electrons. The molecule has 0 fully saturated rings. The van der Waals surface area contributed by atoms with E-state index in [9.17, 15) is 4.79 Å². The van der Waals surface area contributed by atoms with Crippen LogP contribution in [-0.2, 0) is 24.2 Å². The van der Waals surface area contributed by atoms with Crippen LogP contribution in [0.25, 0.3) is 0 Å². The van der Waals surface area contributed by atoms with Crippen LogP contribution in [0.4, 0.5) is 0 Å². The fourth-order valence-corrected chi connectivity index (χ4v) is 3.28. The van der Waals surface area contributed by atoms with Crippen LogP contribution in [0, 0.1) is 0 Å². The van der Waals surface area contributed by atoms with E-state index in [-0.39, 0.29) is 11.2 Å². The molecule has 1 aromatic carbocycles. The normalized spacial score (nSPS) is 17.5. The first kappa shape index (κ1) is 16.9. The molecule has 0 bridgehead atoms. The van der Waals surface area contributed by atoms with Crippen molar-refractivity contribution in [1.82, 2.24) is 25.0 Å². The van der Waals surface area contributed by atoms with Gasteiger partial charge in [-0.1, -0.05) is 24.3 Å². The topological polar surface area (TPSA) is 65.1 Å². The van der Waals surface area contributed by atoms with Gasteiger partial charge in [0.15, 0.2) is 0 Å². The lowest BCUT2D eigenvalue weighted by Crippen LogP contribution is -2.46.